The topological polar surface area (TPSA) is 39.1 Å². The molecule has 106 valence electrons. The van der Waals surface area contributed by atoms with Crippen molar-refractivity contribution >= 4 is 0 Å². The lowest BCUT2D eigenvalue weighted by Gasteiger charge is -2.23. The zero-order chi connectivity index (χ0) is 13.6. The molecule has 0 heterocycles. The first-order chi connectivity index (χ1) is 8.78. The van der Waals surface area contributed by atoms with Crippen LogP contribution in [0.1, 0.15) is 59.3 Å². The minimum Gasteiger partial charge on any atom is -0.303 e. The molecule has 3 heteroatoms. The predicted molar refractivity (Wildman–Crippen MR) is 78.6 cm³/mol. The highest BCUT2D eigenvalue weighted by Gasteiger charge is 2.09. The minimum atomic E-state index is 0.0238. The molecule has 0 radical (unpaired) electrons. The summed E-state index contributed by atoms with van der Waals surface area (Å²) in [5.41, 5.74) is 0. The van der Waals surface area contributed by atoms with Gasteiger partial charge in [0.15, 0.2) is 0 Å². The van der Waals surface area contributed by atoms with E-state index in [1.54, 1.807) is 0 Å². The molecule has 18 heavy (non-hydrogen) atoms. The summed E-state index contributed by atoms with van der Waals surface area (Å²) >= 11 is 0. The van der Waals surface area contributed by atoms with Gasteiger partial charge in [-0.1, -0.05) is 33.6 Å². The molecule has 0 aromatic heterocycles. The van der Waals surface area contributed by atoms with Crippen molar-refractivity contribution in [3.05, 3.63) is 0 Å². The van der Waals surface area contributed by atoms with E-state index in [0.717, 1.165) is 25.9 Å². The molecule has 0 aromatic rings. The molecule has 0 saturated heterocycles. The summed E-state index contributed by atoms with van der Waals surface area (Å²) in [5, 5.41) is 12.4. The van der Waals surface area contributed by atoms with Crippen LogP contribution in [0.4, 0.5) is 0 Å². The van der Waals surface area contributed by atoms with Crippen LogP contribution in [0.2, 0.25) is 0 Å². The van der Waals surface area contributed by atoms with Gasteiger partial charge in [0.1, 0.15) is 0 Å². The van der Waals surface area contributed by atoms with Gasteiger partial charge in [0.25, 0.3) is 0 Å². The van der Waals surface area contributed by atoms with Gasteiger partial charge < -0.3 is 10.2 Å². The molecule has 0 rings (SSSR count). The van der Waals surface area contributed by atoms with E-state index < -0.39 is 0 Å². The summed E-state index contributed by atoms with van der Waals surface area (Å²) in [6, 6.07) is 2.39. The summed E-state index contributed by atoms with van der Waals surface area (Å²) < 4.78 is 0. The van der Waals surface area contributed by atoms with Crippen LogP contribution < -0.4 is 5.32 Å². The summed E-state index contributed by atoms with van der Waals surface area (Å²) in [7, 11) is 0. The Hall–Kier alpha value is -0.590. The third-order valence-electron chi connectivity index (χ3n) is 3.19. The van der Waals surface area contributed by atoms with Crippen LogP contribution in [0.3, 0.4) is 0 Å². The highest BCUT2D eigenvalue weighted by Crippen LogP contribution is 2.02. The van der Waals surface area contributed by atoms with Crippen molar-refractivity contribution in [1.82, 2.24) is 10.2 Å². The smallest absolute Gasteiger partial charge is 0.0965 e. The van der Waals surface area contributed by atoms with E-state index >= 15 is 0 Å². The number of nitrogens with one attached hydrogen (secondary N) is 1. The Labute approximate surface area is 114 Å². The molecule has 1 N–H and O–H groups in total. The summed E-state index contributed by atoms with van der Waals surface area (Å²) in [4.78, 5) is 2.52. The molecule has 0 aromatic carbocycles. The van der Waals surface area contributed by atoms with Gasteiger partial charge in [0.05, 0.1) is 12.1 Å². The van der Waals surface area contributed by atoms with Gasteiger partial charge in [-0.05, 0) is 45.3 Å². The summed E-state index contributed by atoms with van der Waals surface area (Å²) in [6.45, 7) is 11.0. The molecule has 0 fully saturated rings. The van der Waals surface area contributed by atoms with Gasteiger partial charge in [-0.15, -0.1) is 0 Å². The van der Waals surface area contributed by atoms with Crippen LogP contribution in [-0.4, -0.2) is 37.1 Å². The van der Waals surface area contributed by atoms with E-state index in [-0.39, 0.29) is 6.04 Å². The van der Waals surface area contributed by atoms with Crippen molar-refractivity contribution < 1.29 is 0 Å². The lowest BCUT2D eigenvalue weighted by Crippen LogP contribution is -2.34. The monoisotopic (exact) mass is 253 g/mol. The highest BCUT2D eigenvalue weighted by atomic mass is 15.1. The molecule has 0 saturated carbocycles. The second-order valence-corrected chi connectivity index (χ2v) is 4.97. The third-order valence-corrected chi connectivity index (χ3v) is 3.19. The Morgan fingerprint density at radius 3 is 2.06 bits per heavy atom. The van der Waals surface area contributed by atoms with Gasteiger partial charge in [0.2, 0.25) is 0 Å². The molecule has 0 aliphatic carbocycles. The molecule has 0 spiro atoms. The van der Waals surface area contributed by atoms with E-state index in [1.807, 2.05) is 0 Å². The van der Waals surface area contributed by atoms with Crippen molar-refractivity contribution in [2.75, 3.05) is 26.2 Å². The van der Waals surface area contributed by atoms with E-state index in [2.05, 4.69) is 37.1 Å². The molecule has 1 atom stereocenters. The van der Waals surface area contributed by atoms with E-state index in [4.69, 9.17) is 5.26 Å². The minimum absolute atomic E-state index is 0.0238. The Morgan fingerprint density at radius 2 is 1.61 bits per heavy atom. The fraction of sp³-hybridized carbons (Fsp3) is 0.933. The highest BCUT2D eigenvalue weighted by molar-refractivity contribution is 4.90. The van der Waals surface area contributed by atoms with Crippen molar-refractivity contribution in [3.8, 4) is 6.07 Å². The van der Waals surface area contributed by atoms with Crippen molar-refractivity contribution in [3.63, 3.8) is 0 Å². The van der Waals surface area contributed by atoms with Crippen LogP contribution in [-0.2, 0) is 0 Å². The number of hydrogen-bond acceptors (Lipinski definition) is 3. The van der Waals surface area contributed by atoms with E-state index in [0.29, 0.717) is 0 Å². The van der Waals surface area contributed by atoms with Crippen molar-refractivity contribution in [1.29, 1.82) is 5.26 Å². The number of rotatable bonds is 12. The van der Waals surface area contributed by atoms with E-state index in [1.165, 1.54) is 38.8 Å². The maximum Gasteiger partial charge on any atom is 0.0965 e. The first-order valence-electron chi connectivity index (χ1n) is 7.63. The molecule has 3 nitrogen and oxygen atoms in total. The average molecular weight is 253 g/mol. The molecule has 0 aliphatic rings. The van der Waals surface area contributed by atoms with Gasteiger partial charge in [-0.25, -0.2) is 0 Å². The fourth-order valence-corrected chi connectivity index (χ4v) is 1.94. The van der Waals surface area contributed by atoms with Gasteiger partial charge in [0, 0.05) is 6.54 Å². The molecule has 0 bridgehead atoms. The van der Waals surface area contributed by atoms with Crippen LogP contribution in [0.25, 0.3) is 0 Å². The zero-order valence-electron chi connectivity index (χ0n) is 12.5. The maximum absolute atomic E-state index is 9.09. The second kappa shape index (κ2) is 12.9. The largest absolute Gasteiger partial charge is 0.303 e. The molecular formula is C15H31N3. The van der Waals surface area contributed by atoms with Gasteiger partial charge in [-0.3, -0.25) is 0 Å². The molecule has 0 aliphatic heterocycles. The standard InChI is InChI=1S/C15H31N3/c1-4-7-11-18(12-8-5-2)13-9-15(14-16)17-10-6-3/h15,17H,4-13H2,1-3H3. The van der Waals surface area contributed by atoms with Crippen molar-refractivity contribution in [2.45, 2.75) is 65.3 Å². The SMILES string of the molecule is CCCCN(CCCC)CCC(C#N)NCCC. The first kappa shape index (κ1) is 17.4. The summed E-state index contributed by atoms with van der Waals surface area (Å²) in [6.07, 6.45) is 7.07. The Balaban J connectivity index is 3.93. The maximum atomic E-state index is 9.09. The molecule has 1 unspecified atom stereocenters. The van der Waals surface area contributed by atoms with Crippen LogP contribution in [0.15, 0.2) is 0 Å². The Bertz CT molecular complexity index is 202. The van der Waals surface area contributed by atoms with Gasteiger partial charge in [-0.2, -0.15) is 5.26 Å². The number of nitriles is 1. The lowest BCUT2D eigenvalue weighted by molar-refractivity contribution is 0.255. The normalized spacial score (nSPS) is 12.6. The van der Waals surface area contributed by atoms with E-state index in [9.17, 15) is 0 Å². The molecular weight excluding hydrogens is 222 g/mol. The Morgan fingerprint density at radius 1 is 1.00 bits per heavy atom. The summed E-state index contributed by atoms with van der Waals surface area (Å²) in [5.74, 6) is 0. The predicted octanol–water partition coefficient (Wildman–Crippen LogP) is 3.17. The third kappa shape index (κ3) is 9.44. The number of unbranched alkanes of at least 4 members (excludes halogenated alkanes) is 2. The van der Waals surface area contributed by atoms with Crippen LogP contribution in [0, 0.1) is 11.3 Å². The molecule has 0 amide bonds. The quantitative estimate of drug-likeness (QED) is 0.580. The zero-order valence-corrected chi connectivity index (χ0v) is 12.5. The van der Waals surface area contributed by atoms with Crippen molar-refractivity contribution in [2.24, 2.45) is 0 Å². The van der Waals surface area contributed by atoms with Crippen LogP contribution in [0.5, 0.6) is 0 Å². The fourth-order valence-electron chi connectivity index (χ4n) is 1.94. The lowest BCUT2D eigenvalue weighted by atomic mass is 10.2. The van der Waals surface area contributed by atoms with Gasteiger partial charge >= 0.3 is 0 Å². The average Bonchev–Trinajstić information content (AvgIpc) is 2.41. The number of hydrogen-bond donors (Lipinski definition) is 1. The first-order valence-corrected chi connectivity index (χ1v) is 7.63. The number of nitrogens with zero attached hydrogens (tertiary/aromatic N) is 2. The van der Waals surface area contributed by atoms with Crippen LogP contribution >= 0.6 is 0 Å². The second-order valence-electron chi connectivity index (χ2n) is 4.97. The Kier molecular flexibility index (Phi) is 12.4.